The number of ketones is 1. The lowest BCUT2D eigenvalue weighted by atomic mass is 9.99. The van der Waals surface area contributed by atoms with E-state index in [0.29, 0.717) is 5.56 Å². The Balaban J connectivity index is 2.89. The van der Waals surface area contributed by atoms with Crippen molar-refractivity contribution in [2.45, 2.75) is 6.42 Å². The lowest BCUT2D eigenvalue weighted by molar-refractivity contribution is -0.384. The van der Waals surface area contributed by atoms with Gasteiger partial charge in [-0.05, 0) is 5.56 Å². The zero-order valence-electron chi connectivity index (χ0n) is 9.07. The molecule has 7 heteroatoms. The van der Waals surface area contributed by atoms with Gasteiger partial charge in [0.25, 0.3) is 5.69 Å². The summed E-state index contributed by atoms with van der Waals surface area (Å²) in [6.45, 7) is 0. The van der Waals surface area contributed by atoms with E-state index in [9.17, 15) is 19.7 Å². The van der Waals surface area contributed by atoms with Crippen molar-refractivity contribution < 1.29 is 19.6 Å². The maximum absolute atomic E-state index is 11.5. The molecule has 1 rings (SSSR count). The van der Waals surface area contributed by atoms with Gasteiger partial charge in [-0.2, -0.15) is 5.26 Å². The quantitative estimate of drug-likeness (QED) is 0.470. The third-order valence-electron chi connectivity index (χ3n) is 2.20. The number of carbonyl (C=O) groups excluding carboxylic acids is 1. The molecule has 0 amide bonds. The Morgan fingerprint density at radius 2 is 2.17 bits per heavy atom. The molecule has 0 saturated heterocycles. The summed E-state index contributed by atoms with van der Waals surface area (Å²) in [6.07, 6.45) is -0.327. The van der Waals surface area contributed by atoms with Crippen molar-refractivity contribution in [1.82, 2.24) is 0 Å². The summed E-state index contributed by atoms with van der Waals surface area (Å²) >= 11 is 0. The van der Waals surface area contributed by atoms with Crippen LogP contribution in [0.3, 0.4) is 0 Å². The Bertz CT molecular complexity index is 547. The number of rotatable bonds is 5. The van der Waals surface area contributed by atoms with E-state index in [-0.39, 0.29) is 12.1 Å². The van der Waals surface area contributed by atoms with E-state index in [0.717, 1.165) is 0 Å². The molecular formula is C11H8N2O5. The molecule has 0 radical (unpaired) electrons. The minimum absolute atomic E-state index is 0.191. The molecule has 18 heavy (non-hydrogen) atoms. The first-order valence-corrected chi connectivity index (χ1v) is 4.84. The van der Waals surface area contributed by atoms with E-state index in [1.54, 1.807) is 0 Å². The van der Waals surface area contributed by atoms with Crippen LogP contribution in [0.1, 0.15) is 5.56 Å². The van der Waals surface area contributed by atoms with Gasteiger partial charge < -0.3 is 5.11 Å². The molecule has 0 aliphatic rings. The molecule has 1 unspecified atom stereocenters. The summed E-state index contributed by atoms with van der Waals surface area (Å²) in [5.74, 6) is -4.07. The maximum atomic E-state index is 11.5. The molecule has 0 fully saturated rings. The lowest BCUT2D eigenvalue weighted by Gasteiger charge is -2.03. The molecule has 0 heterocycles. The molecule has 1 aromatic carbocycles. The molecule has 0 bridgehead atoms. The second-order valence-corrected chi connectivity index (χ2v) is 3.47. The van der Waals surface area contributed by atoms with Gasteiger partial charge in [0, 0.05) is 18.6 Å². The van der Waals surface area contributed by atoms with Crippen LogP contribution in [0.2, 0.25) is 0 Å². The molecule has 0 saturated carbocycles. The number of carboxylic acid groups (broad SMARTS) is 1. The number of nitrogens with zero attached hydrogens (tertiary/aromatic N) is 2. The average molecular weight is 248 g/mol. The van der Waals surface area contributed by atoms with Crippen LogP contribution in [-0.2, 0) is 16.0 Å². The van der Waals surface area contributed by atoms with Gasteiger partial charge in [0.05, 0.1) is 11.0 Å². The van der Waals surface area contributed by atoms with Crippen LogP contribution in [0.25, 0.3) is 0 Å². The highest BCUT2D eigenvalue weighted by Crippen LogP contribution is 2.15. The third kappa shape index (κ3) is 3.12. The largest absolute Gasteiger partial charge is 0.480 e. The number of Topliss-reactive ketones (excluding diaryl/α,β-unsaturated/α-hetero) is 1. The van der Waals surface area contributed by atoms with Gasteiger partial charge in [-0.15, -0.1) is 0 Å². The lowest BCUT2D eigenvalue weighted by Crippen LogP contribution is -2.23. The van der Waals surface area contributed by atoms with Gasteiger partial charge in [0.2, 0.25) is 5.92 Å². The van der Waals surface area contributed by atoms with Gasteiger partial charge in [-0.25, -0.2) is 0 Å². The van der Waals surface area contributed by atoms with Crippen molar-refractivity contribution in [1.29, 1.82) is 5.26 Å². The highest BCUT2D eigenvalue weighted by molar-refractivity contribution is 6.01. The van der Waals surface area contributed by atoms with Gasteiger partial charge >= 0.3 is 5.97 Å². The van der Waals surface area contributed by atoms with Crippen molar-refractivity contribution in [3.63, 3.8) is 0 Å². The Morgan fingerprint density at radius 3 is 2.67 bits per heavy atom. The minimum Gasteiger partial charge on any atom is -0.480 e. The molecule has 92 valence electrons. The van der Waals surface area contributed by atoms with Crippen LogP contribution in [-0.4, -0.2) is 21.8 Å². The number of aliphatic carboxylic acids is 1. The first kappa shape index (κ1) is 13.3. The van der Waals surface area contributed by atoms with Crippen molar-refractivity contribution >= 4 is 17.4 Å². The number of non-ortho nitro benzene ring substituents is 1. The molecule has 1 aromatic rings. The van der Waals surface area contributed by atoms with Crippen molar-refractivity contribution in [3.8, 4) is 6.07 Å². The zero-order valence-corrected chi connectivity index (χ0v) is 9.07. The van der Waals surface area contributed by atoms with Gasteiger partial charge in [0.1, 0.15) is 0 Å². The normalized spacial score (nSPS) is 11.3. The number of nitro groups is 1. The Morgan fingerprint density at radius 1 is 1.50 bits per heavy atom. The average Bonchev–Trinajstić information content (AvgIpc) is 2.29. The van der Waals surface area contributed by atoms with Crippen molar-refractivity contribution in [2.24, 2.45) is 5.92 Å². The summed E-state index contributed by atoms with van der Waals surface area (Å²) in [5.41, 5.74) is 0.111. The number of nitriles is 1. The van der Waals surface area contributed by atoms with E-state index in [2.05, 4.69) is 0 Å². The molecule has 0 aromatic heterocycles. The molecule has 0 spiro atoms. The number of hydrogen-bond acceptors (Lipinski definition) is 5. The van der Waals surface area contributed by atoms with E-state index < -0.39 is 22.6 Å². The van der Waals surface area contributed by atoms with Crippen molar-refractivity contribution in [3.05, 3.63) is 39.9 Å². The van der Waals surface area contributed by atoms with Gasteiger partial charge in [-0.1, -0.05) is 12.1 Å². The Kier molecular flexibility index (Phi) is 4.10. The van der Waals surface area contributed by atoms with E-state index in [1.165, 1.54) is 30.3 Å². The fraction of sp³-hybridized carbons (Fsp3) is 0.182. The Labute approximate surface area is 101 Å². The second-order valence-electron chi connectivity index (χ2n) is 3.47. The Hall–Kier alpha value is -2.75. The number of carboxylic acids is 1. The standard InChI is InChI=1S/C11H8N2O5/c12-6-9(11(15)16)10(14)5-7-2-1-3-8(4-7)13(17)18/h1-4,9H,5H2,(H,15,16). The fourth-order valence-electron chi connectivity index (χ4n) is 1.35. The van der Waals surface area contributed by atoms with Crippen LogP contribution in [0.5, 0.6) is 0 Å². The summed E-state index contributed by atoms with van der Waals surface area (Å²) in [6, 6.07) is 6.66. The fourth-order valence-corrected chi connectivity index (χ4v) is 1.35. The van der Waals surface area contributed by atoms with E-state index in [1.807, 2.05) is 0 Å². The van der Waals surface area contributed by atoms with Gasteiger partial charge in [-0.3, -0.25) is 19.7 Å². The second kappa shape index (κ2) is 5.54. The van der Waals surface area contributed by atoms with E-state index >= 15 is 0 Å². The molecule has 7 nitrogen and oxygen atoms in total. The topological polar surface area (TPSA) is 121 Å². The summed E-state index contributed by atoms with van der Waals surface area (Å²) in [7, 11) is 0. The number of carbonyl (C=O) groups is 2. The van der Waals surface area contributed by atoms with Crippen LogP contribution in [0.4, 0.5) is 5.69 Å². The minimum atomic E-state index is -1.75. The van der Waals surface area contributed by atoms with Crippen LogP contribution in [0.15, 0.2) is 24.3 Å². The highest BCUT2D eigenvalue weighted by Gasteiger charge is 2.25. The molecule has 0 aliphatic heterocycles. The molecule has 1 atom stereocenters. The number of hydrogen-bond donors (Lipinski definition) is 1. The smallest absolute Gasteiger partial charge is 0.328 e. The highest BCUT2D eigenvalue weighted by atomic mass is 16.6. The summed E-state index contributed by atoms with van der Waals surface area (Å²) in [5, 5.41) is 27.7. The first-order chi connectivity index (χ1) is 8.45. The van der Waals surface area contributed by atoms with Crippen LogP contribution >= 0.6 is 0 Å². The number of nitro benzene ring substituents is 1. The molecular weight excluding hydrogens is 240 g/mol. The van der Waals surface area contributed by atoms with E-state index in [4.69, 9.17) is 10.4 Å². The van der Waals surface area contributed by atoms with Crippen LogP contribution < -0.4 is 0 Å². The first-order valence-electron chi connectivity index (χ1n) is 4.84. The monoisotopic (exact) mass is 248 g/mol. The zero-order chi connectivity index (χ0) is 13.7. The summed E-state index contributed by atoms with van der Waals surface area (Å²) in [4.78, 5) is 32.0. The predicted octanol–water partition coefficient (Wildman–Crippen LogP) is 0.931. The summed E-state index contributed by atoms with van der Waals surface area (Å²) < 4.78 is 0. The van der Waals surface area contributed by atoms with Crippen molar-refractivity contribution in [2.75, 3.05) is 0 Å². The van der Waals surface area contributed by atoms with Gasteiger partial charge in [0.15, 0.2) is 5.78 Å². The predicted molar refractivity (Wildman–Crippen MR) is 58.5 cm³/mol. The molecule has 0 aliphatic carbocycles. The number of benzene rings is 1. The molecule has 1 N–H and O–H groups in total. The van der Waals surface area contributed by atoms with Crippen LogP contribution in [0, 0.1) is 27.4 Å². The SMILES string of the molecule is N#CC(C(=O)O)C(=O)Cc1cccc([N+](=O)[O-])c1. The maximum Gasteiger partial charge on any atom is 0.328 e. The third-order valence-corrected chi connectivity index (χ3v) is 2.20.